The fraction of sp³-hybridized carbons (Fsp3) is 0.789. The Balaban J connectivity index is 1.56. The highest BCUT2D eigenvalue weighted by molar-refractivity contribution is 5.66. The highest BCUT2D eigenvalue weighted by atomic mass is 16.4. The number of aromatic nitrogens is 2. The van der Waals surface area contributed by atoms with E-state index in [4.69, 9.17) is 5.11 Å². The molecule has 1 N–H and O–H groups in total. The summed E-state index contributed by atoms with van der Waals surface area (Å²) in [6.07, 6.45) is 7.26. The van der Waals surface area contributed by atoms with Crippen LogP contribution in [-0.2, 0) is 18.3 Å². The first-order chi connectivity index (χ1) is 12.5. The van der Waals surface area contributed by atoms with Gasteiger partial charge in [-0.05, 0) is 44.3 Å². The van der Waals surface area contributed by atoms with Gasteiger partial charge >= 0.3 is 5.97 Å². The Morgan fingerprint density at radius 1 is 1.23 bits per heavy atom. The summed E-state index contributed by atoms with van der Waals surface area (Å²) in [5.74, 6) is -0.216. The SMILES string of the molecule is CN1CCN([C@@H]2CCN(CCc3cnn(C)c3)C[C@@H]2CCC(=O)O)CC1. The molecule has 2 aliphatic rings. The van der Waals surface area contributed by atoms with Crippen LogP contribution >= 0.6 is 0 Å². The van der Waals surface area contributed by atoms with E-state index in [-0.39, 0.29) is 6.42 Å². The van der Waals surface area contributed by atoms with Crippen molar-refractivity contribution >= 4 is 5.97 Å². The fourth-order valence-electron chi connectivity index (χ4n) is 4.41. The summed E-state index contributed by atoms with van der Waals surface area (Å²) in [7, 11) is 4.13. The molecule has 2 atom stereocenters. The number of carboxylic acids is 1. The van der Waals surface area contributed by atoms with Crippen molar-refractivity contribution in [2.75, 3.05) is 52.9 Å². The summed E-state index contributed by atoms with van der Waals surface area (Å²) in [5.41, 5.74) is 1.27. The second-order valence-corrected chi connectivity index (χ2v) is 7.96. The lowest BCUT2D eigenvalue weighted by Gasteiger charge is -2.46. The van der Waals surface area contributed by atoms with Gasteiger partial charge in [0.2, 0.25) is 0 Å². The number of aliphatic carboxylic acids is 1. The van der Waals surface area contributed by atoms with Crippen molar-refractivity contribution in [2.24, 2.45) is 13.0 Å². The summed E-state index contributed by atoms with van der Waals surface area (Å²) in [6.45, 7) is 7.62. The molecular weight excluding hydrogens is 330 g/mol. The van der Waals surface area contributed by atoms with Crippen molar-refractivity contribution in [3.8, 4) is 0 Å². The predicted molar refractivity (Wildman–Crippen MR) is 101 cm³/mol. The summed E-state index contributed by atoms with van der Waals surface area (Å²) in [5, 5.41) is 13.4. The highest BCUT2D eigenvalue weighted by Crippen LogP contribution is 2.27. The van der Waals surface area contributed by atoms with Crippen LogP contribution in [0.15, 0.2) is 12.4 Å². The molecule has 3 rings (SSSR count). The molecule has 0 saturated carbocycles. The van der Waals surface area contributed by atoms with Gasteiger partial charge in [-0.25, -0.2) is 0 Å². The van der Waals surface area contributed by atoms with Gasteiger partial charge in [0.1, 0.15) is 0 Å². The van der Waals surface area contributed by atoms with Gasteiger partial charge in [0.05, 0.1) is 6.20 Å². The maximum Gasteiger partial charge on any atom is 0.303 e. The number of likely N-dealkylation sites (tertiary alicyclic amines) is 1. The molecule has 7 nitrogen and oxygen atoms in total. The van der Waals surface area contributed by atoms with Gasteiger partial charge in [-0.3, -0.25) is 14.4 Å². The van der Waals surface area contributed by atoms with Crippen molar-refractivity contribution in [1.82, 2.24) is 24.5 Å². The lowest BCUT2D eigenvalue weighted by Crippen LogP contribution is -2.56. The van der Waals surface area contributed by atoms with Gasteiger partial charge in [0, 0.05) is 65.0 Å². The number of carboxylic acid groups (broad SMARTS) is 1. The van der Waals surface area contributed by atoms with Gasteiger partial charge in [-0.1, -0.05) is 0 Å². The molecule has 3 heterocycles. The molecule has 0 aliphatic carbocycles. The third-order valence-corrected chi connectivity index (χ3v) is 5.99. The molecular formula is C19H33N5O2. The number of nitrogens with zero attached hydrogens (tertiary/aromatic N) is 5. The zero-order valence-electron chi connectivity index (χ0n) is 16.2. The van der Waals surface area contributed by atoms with E-state index >= 15 is 0 Å². The van der Waals surface area contributed by atoms with Crippen LogP contribution in [0.4, 0.5) is 0 Å². The molecule has 26 heavy (non-hydrogen) atoms. The molecule has 1 aromatic heterocycles. The van der Waals surface area contributed by atoms with E-state index in [0.29, 0.717) is 12.0 Å². The van der Waals surface area contributed by atoms with Crippen LogP contribution in [0.2, 0.25) is 0 Å². The second-order valence-electron chi connectivity index (χ2n) is 7.96. The number of hydrogen-bond donors (Lipinski definition) is 1. The number of likely N-dealkylation sites (N-methyl/N-ethyl adjacent to an activating group) is 1. The van der Waals surface area contributed by atoms with Crippen molar-refractivity contribution in [2.45, 2.75) is 31.7 Å². The van der Waals surface area contributed by atoms with Crippen LogP contribution in [0.1, 0.15) is 24.8 Å². The minimum absolute atomic E-state index is 0.283. The van der Waals surface area contributed by atoms with Crippen LogP contribution < -0.4 is 0 Å². The Morgan fingerprint density at radius 3 is 2.65 bits per heavy atom. The third-order valence-electron chi connectivity index (χ3n) is 5.99. The van der Waals surface area contributed by atoms with Crippen LogP contribution in [0, 0.1) is 5.92 Å². The number of piperidine rings is 1. The number of rotatable bonds is 7. The Kier molecular flexibility index (Phi) is 6.67. The minimum atomic E-state index is -0.672. The number of aryl methyl sites for hydroxylation is 1. The van der Waals surface area contributed by atoms with Crippen LogP contribution in [0.5, 0.6) is 0 Å². The van der Waals surface area contributed by atoms with E-state index in [9.17, 15) is 4.79 Å². The van der Waals surface area contributed by atoms with Crippen molar-refractivity contribution in [3.05, 3.63) is 18.0 Å². The summed E-state index contributed by atoms with van der Waals surface area (Å²) < 4.78 is 1.85. The Bertz CT molecular complexity index is 582. The lowest BCUT2D eigenvalue weighted by molar-refractivity contribution is -0.137. The molecule has 1 aromatic rings. The summed E-state index contributed by atoms with van der Waals surface area (Å²) in [4.78, 5) is 18.6. The molecule has 7 heteroatoms. The third kappa shape index (κ3) is 5.28. The average Bonchev–Trinajstić information content (AvgIpc) is 3.04. The molecule has 2 aliphatic heterocycles. The molecule has 2 saturated heterocycles. The van der Waals surface area contributed by atoms with Crippen LogP contribution in [0.25, 0.3) is 0 Å². The summed E-state index contributed by atoms with van der Waals surface area (Å²) in [6, 6.07) is 0.540. The fourth-order valence-corrected chi connectivity index (χ4v) is 4.41. The molecule has 0 radical (unpaired) electrons. The first-order valence-corrected chi connectivity index (χ1v) is 9.85. The smallest absolute Gasteiger partial charge is 0.303 e. The van der Waals surface area contributed by atoms with Gasteiger partial charge in [0.25, 0.3) is 0 Å². The van der Waals surface area contributed by atoms with E-state index in [2.05, 4.69) is 33.0 Å². The Labute approximate surface area is 156 Å². The largest absolute Gasteiger partial charge is 0.481 e. The summed E-state index contributed by atoms with van der Waals surface area (Å²) >= 11 is 0. The van der Waals surface area contributed by atoms with Gasteiger partial charge in [-0.15, -0.1) is 0 Å². The van der Waals surface area contributed by atoms with Gasteiger partial charge in [0.15, 0.2) is 0 Å². The second kappa shape index (κ2) is 8.97. The number of hydrogen-bond acceptors (Lipinski definition) is 5. The molecule has 146 valence electrons. The zero-order chi connectivity index (χ0) is 18.5. The van der Waals surface area contributed by atoms with E-state index in [1.807, 2.05) is 17.9 Å². The van der Waals surface area contributed by atoms with E-state index in [1.54, 1.807) is 0 Å². The molecule has 0 aromatic carbocycles. The number of carbonyl (C=O) groups is 1. The molecule has 0 spiro atoms. The van der Waals surface area contributed by atoms with Crippen LogP contribution in [0.3, 0.4) is 0 Å². The van der Waals surface area contributed by atoms with E-state index in [1.165, 1.54) is 5.56 Å². The first-order valence-electron chi connectivity index (χ1n) is 9.85. The van der Waals surface area contributed by atoms with Gasteiger partial charge < -0.3 is 14.9 Å². The zero-order valence-corrected chi connectivity index (χ0v) is 16.2. The molecule has 0 unspecified atom stereocenters. The first kappa shape index (κ1) is 19.3. The average molecular weight is 364 g/mol. The minimum Gasteiger partial charge on any atom is -0.481 e. The maximum absolute atomic E-state index is 11.1. The van der Waals surface area contributed by atoms with Crippen molar-refractivity contribution < 1.29 is 9.90 Å². The quantitative estimate of drug-likeness (QED) is 0.772. The topological polar surface area (TPSA) is 64.8 Å². The van der Waals surface area contributed by atoms with Crippen LogP contribution in [-0.4, -0.2) is 94.5 Å². The lowest BCUT2D eigenvalue weighted by atomic mass is 9.86. The monoisotopic (exact) mass is 363 g/mol. The molecule has 2 fully saturated rings. The Hall–Kier alpha value is -1.44. The predicted octanol–water partition coefficient (Wildman–Crippen LogP) is 0.765. The van der Waals surface area contributed by atoms with E-state index < -0.39 is 5.97 Å². The maximum atomic E-state index is 11.1. The normalized spacial score (nSPS) is 26.2. The standard InChI is InChI=1S/C19H33N5O2/c1-21-9-11-24(12-10-21)18-6-8-23(15-17(18)3-4-19(25)26)7-5-16-13-20-22(2)14-16/h13-14,17-18H,3-12,15H2,1-2H3,(H,25,26)/t17-,18+/m0/s1. The van der Waals surface area contributed by atoms with Crippen molar-refractivity contribution in [3.63, 3.8) is 0 Å². The van der Waals surface area contributed by atoms with Crippen molar-refractivity contribution in [1.29, 1.82) is 0 Å². The van der Waals surface area contributed by atoms with E-state index in [0.717, 1.165) is 65.1 Å². The molecule has 0 bridgehead atoms. The highest BCUT2D eigenvalue weighted by Gasteiger charge is 2.34. The number of piperazine rings is 1. The van der Waals surface area contributed by atoms with Gasteiger partial charge in [-0.2, -0.15) is 5.10 Å². The molecule has 0 amide bonds. The Morgan fingerprint density at radius 2 is 2.00 bits per heavy atom.